The number of anilines is 1. The summed E-state index contributed by atoms with van der Waals surface area (Å²) in [6.45, 7) is 1.77. The number of hydrogen-bond donors (Lipinski definition) is 1. The van der Waals surface area contributed by atoms with Gasteiger partial charge in [0.05, 0.1) is 0 Å². The molecule has 0 spiro atoms. The Kier molecular flexibility index (Phi) is 4.96. The highest BCUT2D eigenvalue weighted by atomic mass is 19.1. The van der Waals surface area contributed by atoms with E-state index in [1.807, 2.05) is 0 Å². The first-order valence-electron chi connectivity index (χ1n) is 7.09. The molecule has 4 nitrogen and oxygen atoms in total. The normalized spacial score (nSPS) is 19.4. The summed E-state index contributed by atoms with van der Waals surface area (Å²) >= 11 is 0. The Morgan fingerprint density at radius 3 is 2.90 bits per heavy atom. The van der Waals surface area contributed by atoms with E-state index in [9.17, 15) is 9.18 Å². The minimum absolute atomic E-state index is 0.357. The number of piperidine rings is 1. The summed E-state index contributed by atoms with van der Waals surface area (Å²) < 4.78 is 13.4. The lowest BCUT2D eigenvalue weighted by atomic mass is 10.0. The number of carbonyl (C=O) groups is 1. The van der Waals surface area contributed by atoms with Gasteiger partial charge in [-0.25, -0.2) is 9.18 Å². The lowest BCUT2D eigenvalue weighted by Crippen LogP contribution is -2.45. The molecule has 0 bridgehead atoms. The third-order valence-electron chi connectivity index (χ3n) is 3.86. The topological polar surface area (TPSA) is 43.8 Å². The van der Waals surface area contributed by atoms with E-state index in [-0.39, 0.29) is 5.82 Å². The van der Waals surface area contributed by atoms with Gasteiger partial charge >= 0.3 is 5.97 Å². The molecule has 1 atom stereocenters. The van der Waals surface area contributed by atoms with Crippen molar-refractivity contribution in [3.05, 3.63) is 35.7 Å². The number of benzene rings is 1. The van der Waals surface area contributed by atoms with Crippen LogP contribution in [0.25, 0.3) is 6.08 Å². The fourth-order valence-corrected chi connectivity index (χ4v) is 2.70. The number of carboxylic acid groups (broad SMARTS) is 1. The van der Waals surface area contributed by atoms with Gasteiger partial charge in [-0.3, -0.25) is 0 Å². The molecule has 0 aliphatic carbocycles. The van der Waals surface area contributed by atoms with Crippen LogP contribution in [-0.2, 0) is 4.79 Å². The maximum Gasteiger partial charge on any atom is 0.328 e. The van der Waals surface area contributed by atoms with Crippen molar-refractivity contribution in [1.82, 2.24) is 4.90 Å². The molecular formula is C16H21FN2O2. The van der Waals surface area contributed by atoms with E-state index in [0.717, 1.165) is 37.7 Å². The molecule has 0 radical (unpaired) electrons. The van der Waals surface area contributed by atoms with Gasteiger partial charge < -0.3 is 14.9 Å². The molecule has 2 rings (SSSR count). The van der Waals surface area contributed by atoms with E-state index < -0.39 is 5.97 Å². The zero-order chi connectivity index (χ0) is 15.4. The number of hydrogen-bond acceptors (Lipinski definition) is 3. The van der Waals surface area contributed by atoms with Crippen molar-refractivity contribution in [3.8, 4) is 0 Å². The average molecular weight is 292 g/mol. The SMILES string of the molecule is CN(C)C1CCCN(c2ccc(F)cc2C=CC(=O)O)C1. The molecule has 114 valence electrons. The van der Waals surface area contributed by atoms with Gasteiger partial charge in [0.1, 0.15) is 5.82 Å². The first-order chi connectivity index (χ1) is 9.97. The maximum atomic E-state index is 13.4. The predicted octanol–water partition coefficient (Wildman–Crippen LogP) is 2.45. The summed E-state index contributed by atoms with van der Waals surface area (Å²) in [5.74, 6) is -1.39. The zero-order valence-electron chi connectivity index (χ0n) is 12.4. The summed E-state index contributed by atoms with van der Waals surface area (Å²) in [6, 6.07) is 5.00. The van der Waals surface area contributed by atoms with E-state index in [4.69, 9.17) is 5.11 Å². The zero-order valence-corrected chi connectivity index (χ0v) is 12.4. The van der Waals surface area contributed by atoms with Crippen LogP contribution >= 0.6 is 0 Å². The van der Waals surface area contributed by atoms with Crippen LogP contribution < -0.4 is 4.90 Å². The van der Waals surface area contributed by atoms with E-state index in [1.165, 1.54) is 18.2 Å². The van der Waals surface area contributed by atoms with Crippen LogP contribution in [-0.4, -0.2) is 49.2 Å². The molecule has 1 unspecified atom stereocenters. The summed E-state index contributed by atoms with van der Waals surface area (Å²) in [5, 5.41) is 8.76. The van der Waals surface area contributed by atoms with Crippen LogP contribution in [0.1, 0.15) is 18.4 Å². The number of aliphatic carboxylic acids is 1. The van der Waals surface area contributed by atoms with Crippen molar-refractivity contribution < 1.29 is 14.3 Å². The quantitative estimate of drug-likeness (QED) is 0.866. The van der Waals surface area contributed by atoms with Gasteiger partial charge in [0.15, 0.2) is 0 Å². The summed E-state index contributed by atoms with van der Waals surface area (Å²) in [7, 11) is 4.12. The summed E-state index contributed by atoms with van der Waals surface area (Å²) in [5.41, 5.74) is 1.50. The molecular weight excluding hydrogens is 271 g/mol. The van der Waals surface area contributed by atoms with Crippen molar-refractivity contribution in [2.45, 2.75) is 18.9 Å². The molecule has 0 amide bonds. The predicted molar refractivity (Wildman–Crippen MR) is 82.0 cm³/mol. The Morgan fingerprint density at radius 1 is 1.48 bits per heavy atom. The highest BCUT2D eigenvalue weighted by Gasteiger charge is 2.22. The Bertz CT molecular complexity index is 543. The number of rotatable bonds is 4. The molecule has 1 saturated heterocycles. The lowest BCUT2D eigenvalue weighted by Gasteiger charge is -2.38. The van der Waals surface area contributed by atoms with E-state index in [0.29, 0.717) is 11.6 Å². The minimum atomic E-state index is -1.03. The fraction of sp³-hybridized carbons (Fsp3) is 0.438. The largest absolute Gasteiger partial charge is 0.478 e. The van der Waals surface area contributed by atoms with Crippen LogP contribution in [0.4, 0.5) is 10.1 Å². The monoisotopic (exact) mass is 292 g/mol. The van der Waals surface area contributed by atoms with E-state index in [1.54, 1.807) is 6.07 Å². The maximum absolute atomic E-state index is 13.4. The first kappa shape index (κ1) is 15.5. The van der Waals surface area contributed by atoms with E-state index in [2.05, 4.69) is 23.9 Å². The van der Waals surface area contributed by atoms with Gasteiger partial charge in [-0.1, -0.05) is 0 Å². The van der Waals surface area contributed by atoms with Crippen LogP contribution in [0.15, 0.2) is 24.3 Å². The van der Waals surface area contributed by atoms with Gasteiger partial charge in [0, 0.05) is 36.5 Å². The fourth-order valence-electron chi connectivity index (χ4n) is 2.70. The van der Waals surface area contributed by atoms with Gasteiger partial charge in [0.2, 0.25) is 0 Å². The Morgan fingerprint density at radius 2 is 2.24 bits per heavy atom. The number of halogens is 1. The van der Waals surface area contributed by atoms with Gasteiger partial charge in [-0.2, -0.15) is 0 Å². The molecule has 0 aromatic heterocycles. The van der Waals surface area contributed by atoms with Crippen LogP contribution in [0.3, 0.4) is 0 Å². The molecule has 1 aliphatic rings. The third kappa shape index (κ3) is 4.04. The van der Waals surface area contributed by atoms with Crippen molar-refractivity contribution in [1.29, 1.82) is 0 Å². The molecule has 1 aromatic rings. The minimum Gasteiger partial charge on any atom is -0.478 e. The Labute approximate surface area is 124 Å². The smallest absolute Gasteiger partial charge is 0.328 e. The van der Waals surface area contributed by atoms with Gasteiger partial charge in [-0.05, 0) is 51.2 Å². The Balaban J connectivity index is 2.27. The van der Waals surface area contributed by atoms with Gasteiger partial charge in [-0.15, -0.1) is 0 Å². The lowest BCUT2D eigenvalue weighted by molar-refractivity contribution is -0.131. The van der Waals surface area contributed by atoms with Crippen LogP contribution in [0.2, 0.25) is 0 Å². The molecule has 5 heteroatoms. The number of nitrogens with zero attached hydrogens (tertiary/aromatic N) is 2. The highest BCUT2D eigenvalue weighted by Crippen LogP contribution is 2.27. The second-order valence-electron chi connectivity index (χ2n) is 5.58. The molecule has 1 aliphatic heterocycles. The number of likely N-dealkylation sites (N-methyl/N-ethyl adjacent to an activating group) is 1. The second kappa shape index (κ2) is 6.72. The summed E-state index contributed by atoms with van der Waals surface area (Å²) in [4.78, 5) is 15.1. The van der Waals surface area contributed by atoms with Crippen molar-refractivity contribution >= 4 is 17.7 Å². The van der Waals surface area contributed by atoms with Crippen molar-refractivity contribution in [3.63, 3.8) is 0 Å². The van der Waals surface area contributed by atoms with Crippen LogP contribution in [0.5, 0.6) is 0 Å². The molecule has 1 heterocycles. The first-order valence-corrected chi connectivity index (χ1v) is 7.09. The van der Waals surface area contributed by atoms with Crippen LogP contribution in [0, 0.1) is 5.82 Å². The molecule has 21 heavy (non-hydrogen) atoms. The molecule has 1 N–H and O–H groups in total. The third-order valence-corrected chi connectivity index (χ3v) is 3.86. The summed E-state index contributed by atoms with van der Waals surface area (Å²) in [6.07, 6.45) is 4.72. The standard InChI is InChI=1S/C16H21FN2O2/c1-18(2)14-4-3-9-19(11-14)15-7-6-13(17)10-12(15)5-8-16(20)21/h5-8,10,14H,3-4,9,11H2,1-2H3,(H,20,21). The van der Waals surface area contributed by atoms with E-state index >= 15 is 0 Å². The highest BCUT2D eigenvalue weighted by molar-refractivity contribution is 5.87. The Hall–Kier alpha value is -1.88. The number of carboxylic acids is 1. The van der Waals surface area contributed by atoms with Crippen molar-refractivity contribution in [2.24, 2.45) is 0 Å². The van der Waals surface area contributed by atoms with Crippen molar-refractivity contribution in [2.75, 3.05) is 32.1 Å². The molecule has 1 fully saturated rings. The molecule has 0 saturated carbocycles. The average Bonchev–Trinajstić information content (AvgIpc) is 2.45. The second-order valence-corrected chi connectivity index (χ2v) is 5.58. The molecule has 1 aromatic carbocycles. The van der Waals surface area contributed by atoms with Gasteiger partial charge in [0.25, 0.3) is 0 Å².